The monoisotopic (exact) mass is 212 g/mol. The Morgan fingerprint density at radius 2 is 2.29 bits per heavy atom. The maximum absolute atomic E-state index is 5.80. The fraction of sp³-hybridized carbons (Fsp3) is 0.333. The first-order valence-electron chi connectivity index (χ1n) is 4.20. The molecule has 0 saturated heterocycles. The Morgan fingerprint density at radius 3 is 2.79 bits per heavy atom. The third-order valence-electron chi connectivity index (χ3n) is 1.78. The molecule has 1 unspecified atom stereocenters. The Bertz CT molecular complexity index is 433. The largest absolute Gasteiger partial charge is 0.469 e. The zero-order chi connectivity index (χ0) is 10.1. The lowest BCUT2D eigenvalue weighted by Crippen LogP contribution is -1.86. The van der Waals surface area contributed by atoms with Crippen LogP contribution >= 0.6 is 11.6 Å². The molecule has 0 amide bonds. The summed E-state index contributed by atoms with van der Waals surface area (Å²) in [5.74, 6) is 1.73. The van der Waals surface area contributed by atoms with Crippen LogP contribution in [0.25, 0.3) is 11.5 Å². The molecule has 2 aromatic heterocycles. The second-order valence-electron chi connectivity index (χ2n) is 3.02. The zero-order valence-electron chi connectivity index (χ0n) is 7.82. The van der Waals surface area contributed by atoms with Gasteiger partial charge in [0.1, 0.15) is 12.0 Å². The molecule has 0 aliphatic heterocycles. The molecule has 4 nitrogen and oxygen atoms in total. The van der Waals surface area contributed by atoms with Crippen LogP contribution in [0.5, 0.6) is 0 Å². The van der Waals surface area contributed by atoms with Crippen molar-refractivity contribution < 1.29 is 8.94 Å². The molecule has 1 atom stereocenters. The van der Waals surface area contributed by atoms with Crippen LogP contribution in [0.3, 0.4) is 0 Å². The highest BCUT2D eigenvalue weighted by molar-refractivity contribution is 6.20. The Hall–Kier alpha value is -1.29. The van der Waals surface area contributed by atoms with E-state index in [0.29, 0.717) is 11.7 Å². The van der Waals surface area contributed by atoms with Gasteiger partial charge in [-0.05, 0) is 19.9 Å². The first kappa shape index (κ1) is 9.27. The molecule has 0 N–H and O–H groups in total. The highest BCUT2D eigenvalue weighted by Gasteiger charge is 2.13. The summed E-state index contributed by atoms with van der Waals surface area (Å²) >= 11 is 5.80. The predicted molar refractivity (Wildman–Crippen MR) is 51.0 cm³/mol. The molecule has 2 rings (SSSR count). The fourth-order valence-electron chi connectivity index (χ4n) is 1.07. The van der Waals surface area contributed by atoms with Crippen molar-refractivity contribution in [3.63, 3.8) is 0 Å². The summed E-state index contributed by atoms with van der Waals surface area (Å²) in [5.41, 5.74) is 0.776. The average molecular weight is 213 g/mol. The topological polar surface area (TPSA) is 52.1 Å². The molecule has 2 aromatic rings. The van der Waals surface area contributed by atoms with Crippen molar-refractivity contribution in [1.82, 2.24) is 10.1 Å². The molecular weight excluding hydrogens is 204 g/mol. The summed E-state index contributed by atoms with van der Waals surface area (Å²) in [5, 5.41) is 3.49. The average Bonchev–Trinajstić information content (AvgIpc) is 2.70. The van der Waals surface area contributed by atoms with E-state index in [1.807, 2.05) is 13.0 Å². The lowest BCUT2D eigenvalue weighted by molar-refractivity contribution is 0.422. The van der Waals surface area contributed by atoms with Crippen molar-refractivity contribution in [3.8, 4) is 11.5 Å². The predicted octanol–water partition coefficient (Wildman–Crippen LogP) is 2.94. The van der Waals surface area contributed by atoms with E-state index in [1.54, 1.807) is 13.2 Å². The van der Waals surface area contributed by atoms with Gasteiger partial charge in [-0.15, -0.1) is 11.6 Å². The van der Waals surface area contributed by atoms with E-state index in [9.17, 15) is 0 Å². The minimum absolute atomic E-state index is 0.250. The summed E-state index contributed by atoms with van der Waals surface area (Å²) < 4.78 is 10.1. The Balaban J connectivity index is 2.33. The summed E-state index contributed by atoms with van der Waals surface area (Å²) in [6, 6.07) is 1.83. The second-order valence-corrected chi connectivity index (χ2v) is 3.67. The van der Waals surface area contributed by atoms with Crippen molar-refractivity contribution in [2.24, 2.45) is 0 Å². The molecule has 0 spiro atoms. The molecule has 5 heteroatoms. The SMILES string of the molecule is Cc1cc(-c2nc(C(C)Cl)no2)co1. The molecule has 0 saturated carbocycles. The van der Waals surface area contributed by atoms with E-state index >= 15 is 0 Å². The lowest BCUT2D eigenvalue weighted by Gasteiger charge is -1.89. The molecular formula is C9H9ClN2O2. The number of aryl methyl sites for hydroxylation is 1. The first-order chi connectivity index (χ1) is 6.66. The van der Waals surface area contributed by atoms with Gasteiger partial charge in [-0.3, -0.25) is 0 Å². The van der Waals surface area contributed by atoms with Crippen LogP contribution in [0, 0.1) is 6.92 Å². The minimum atomic E-state index is -0.250. The Labute approximate surface area is 85.9 Å². The van der Waals surface area contributed by atoms with Gasteiger partial charge in [-0.1, -0.05) is 5.16 Å². The van der Waals surface area contributed by atoms with Crippen LogP contribution in [0.2, 0.25) is 0 Å². The maximum atomic E-state index is 5.80. The van der Waals surface area contributed by atoms with Crippen LogP contribution in [-0.2, 0) is 0 Å². The van der Waals surface area contributed by atoms with E-state index < -0.39 is 0 Å². The minimum Gasteiger partial charge on any atom is -0.469 e. The molecule has 2 heterocycles. The molecule has 0 radical (unpaired) electrons. The summed E-state index contributed by atoms with van der Waals surface area (Å²) in [6.07, 6.45) is 1.57. The second kappa shape index (κ2) is 3.46. The number of nitrogens with zero attached hydrogens (tertiary/aromatic N) is 2. The highest BCUT2D eigenvalue weighted by atomic mass is 35.5. The maximum Gasteiger partial charge on any atom is 0.261 e. The molecule has 0 fully saturated rings. The summed E-state index contributed by atoms with van der Waals surface area (Å²) in [4.78, 5) is 4.12. The normalized spacial score (nSPS) is 13.1. The lowest BCUT2D eigenvalue weighted by atomic mass is 10.3. The van der Waals surface area contributed by atoms with Crippen LogP contribution < -0.4 is 0 Å². The zero-order valence-corrected chi connectivity index (χ0v) is 8.58. The number of hydrogen-bond donors (Lipinski definition) is 0. The van der Waals surface area contributed by atoms with Crippen molar-refractivity contribution in [2.45, 2.75) is 19.2 Å². The molecule has 0 bridgehead atoms. The van der Waals surface area contributed by atoms with E-state index in [0.717, 1.165) is 11.3 Å². The number of rotatable bonds is 2. The van der Waals surface area contributed by atoms with Crippen LogP contribution in [0.4, 0.5) is 0 Å². The molecule has 0 aliphatic carbocycles. The fourth-order valence-corrected chi connectivity index (χ4v) is 1.16. The van der Waals surface area contributed by atoms with Crippen LogP contribution in [0.15, 0.2) is 21.3 Å². The van der Waals surface area contributed by atoms with E-state index in [4.69, 9.17) is 20.5 Å². The van der Waals surface area contributed by atoms with Gasteiger partial charge < -0.3 is 8.94 Å². The molecule has 74 valence electrons. The number of furan rings is 1. The van der Waals surface area contributed by atoms with Gasteiger partial charge in [0.05, 0.1) is 10.9 Å². The molecule has 0 aliphatic rings. The van der Waals surface area contributed by atoms with Gasteiger partial charge in [0.15, 0.2) is 5.82 Å². The van der Waals surface area contributed by atoms with Crippen LogP contribution in [-0.4, -0.2) is 10.1 Å². The number of alkyl halides is 1. The third-order valence-corrected chi connectivity index (χ3v) is 1.97. The highest BCUT2D eigenvalue weighted by Crippen LogP contribution is 2.23. The third kappa shape index (κ3) is 1.65. The standard InChI is InChI=1S/C9H9ClN2O2/c1-5-3-7(4-13-5)9-11-8(6(2)10)12-14-9/h3-4,6H,1-2H3. The van der Waals surface area contributed by atoms with Crippen LogP contribution in [0.1, 0.15) is 23.9 Å². The van der Waals surface area contributed by atoms with E-state index in [2.05, 4.69) is 10.1 Å². The van der Waals surface area contributed by atoms with Crippen molar-refractivity contribution in [2.75, 3.05) is 0 Å². The van der Waals surface area contributed by atoms with Gasteiger partial charge >= 0.3 is 0 Å². The van der Waals surface area contributed by atoms with Gasteiger partial charge in [0, 0.05) is 0 Å². The van der Waals surface area contributed by atoms with Gasteiger partial charge in [-0.25, -0.2) is 0 Å². The van der Waals surface area contributed by atoms with Crippen molar-refractivity contribution in [3.05, 3.63) is 23.9 Å². The quantitative estimate of drug-likeness (QED) is 0.719. The molecule has 0 aromatic carbocycles. The van der Waals surface area contributed by atoms with Gasteiger partial charge in [-0.2, -0.15) is 4.98 Å². The Kier molecular flexibility index (Phi) is 2.29. The van der Waals surface area contributed by atoms with Crippen molar-refractivity contribution in [1.29, 1.82) is 0 Å². The van der Waals surface area contributed by atoms with Gasteiger partial charge in [0.25, 0.3) is 5.89 Å². The number of hydrogen-bond acceptors (Lipinski definition) is 4. The van der Waals surface area contributed by atoms with Crippen molar-refractivity contribution >= 4 is 11.6 Å². The van der Waals surface area contributed by atoms with Gasteiger partial charge in [0.2, 0.25) is 0 Å². The van der Waals surface area contributed by atoms with E-state index in [1.165, 1.54) is 0 Å². The smallest absolute Gasteiger partial charge is 0.261 e. The first-order valence-corrected chi connectivity index (χ1v) is 4.63. The number of halogens is 1. The molecule has 14 heavy (non-hydrogen) atoms. The van der Waals surface area contributed by atoms with E-state index in [-0.39, 0.29) is 5.38 Å². The Morgan fingerprint density at radius 1 is 1.50 bits per heavy atom. The summed E-state index contributed by atoms with van der Waals surface area (Å²) in [6.45, 7) is 3.64. The number of aromatic nitrogens is 2. The summed E-state index contributed by atoms with van der Waals surface area (Å²) in [7, 11) is 0.